The minimum absolute atomic E-state index is 0.00782. The van der Waals surface area contributed by atoms with Crippen molar-refractivity contribution in [2.45, 2.75) is 65.8 Å². The van der Waals surface area contributed by atoms with Gasteiger partial charge < -0.3 is 19.0 Å². The lowest BCUT2D eigenvalue weighted by atomic mass is 10.1. The molecule has 35 heavy (non-hydrogen) atoms. The summed E-state index contributed by atoms with van der Waals surface area (Å²) in [6.07, 6.45) is 3.39. The molecular weight excluding hydrogens is 444 g/mol. The standard InChI is InChI=1S/C27H36N4O4/c1-16(2)15-35-27(34)24(18(4)32)28-12-20-8-9-22-23(11-20)31(13-19-6-7-19)25(29-22)21-10-17(3)26(33)30(5)14-21/h8-11,14,16,18-19,24,28,32H,6-7,12-13,15H2,1-5H3/t18-,24?/m1/s1. The second-order valence-electron chi connectivity index (χ2n) is 10.3. The van der Waals surface area contributed by atoms with Crippen LogP contribution >= 0.6 is 0 Å². The van der Waals surface area contributed by atoms with Crippen molar-refractivity contribution in [1.82, 2.24) is 19.4 Å². The molecule has 8 nitrogen and oxygen atoms in total. The maximum atomic E-state index is 12.5. The number of carbonyl (C=O) groups is 1. The quantitative estimate of drug-likeness (QED) is 0.433. The number of aliphatic hydroxyl groups excluding tert-OH is 1. The van der Waals surface area contributed by atoms with Crippen molar-refractivity contribution < 1.29 is 14.6 Å². The van der Waals surface area contributed by atoms with Gasteiger partial charge >= 0.3 is 5.97 Å². The molecule has 4 rings (SSSR count). The van der Waals surface area contributed by atoms with Crippen LogP contribution < -0.4 is 10.9 Å². The molecule has 0 spiro atoms. The first-order valence-electron chi connectivity index (χ1n) is 12.4. The van der Waals surface area contributed by atoms with Gasteiger partial charge in [-0.2, -0.15) is 0 Å². The first kappa shape index (κ1) is 25.1. The first-order chi connectivity index (χ1) is 16.6. The van der Waals surface area contributed by atoms with Gasteiger partial charge in [0.2, 0.25) is 0 Å². The zero-order valence-corrected chi connectivity index (χ0v) is 21.2. The summed E-state index contributed by atoms with van der Waals surface area (Å²) in [6.45, 7) is 8.97. The number of nitrogens with zero attached hydrogens (tertiary/aromatic N) is 3. The van der Waals surface area contributed by atoms with Gasteiger partial charge in [0, 0.05) is 37.5 Å². The van der Waals surface area contributed by atoms with Crippen molar-refractivity contribution in [3.05, 3.63) is 51.9 Å². The van der Waals surface area contributed by atoms with Crippen LogP contribution in [0.4, 0.5) is 0 Å². The smallest absolute Gasteiger partial charge is 0.325 e. The highest BCUT2D eigenvalue weighted by atomic mass is 16.5. The highest BCUT2D eigenvalue weighted by Crippen LogP contribution is 2.34. The zero-order chi connectivity index (χ0) is 25.3. The van der Waals surface area contributed by atoms with Crippen LogP contribution in [-0.2, 0) is 29.7 Å². The normalized spacial score (nSPS) is 15.5. The maximum absolute atomic E-state index is 12.5. The Morgan fingerprint density at radius 2 is 2.00 bits per heavy atom. The van der Waals surface area contributed by atoms with Crippen molar-refractivity contribution in [1.29, 1.82) is 0 Å². The fourth-order valence-corrected chi connectivity index (χ4v) is 4.26. The summed E-state index contributed by atoms with van der Waals surface area (Å²) in [5, 5.41) is 13.3. The van der Waals surface area contributed by atoms with E-state index in [-0.39, 0.29) is 11.5 Å². The number of aliphatic hydroxyl groups is 1. The Hall–Kier alpha value is -2.97. The van der Waals surface area contributed by atoms with E-state index in [9.17, 15) is 14.7 Å². The van der Waals surface area contributed by atoms with Gasteiger partial charge in [-0.05, 0) is 62.3 Å². The fourth-order valence-electron chi connectivity index (χ4n) is 4.26. The number of benzene rings is 1. The number of hydrogen-bond donors (Lipinski definition) is 2. The van der Waals surface area contributed by atoms with Gasteiger partial charge in [-0.3, -0.25) is 14.9 Å². The Bertz CT molecular complexity index is 1240. The predicted molar refractivity (Wildman–Crippen MR) is 136 cm³/mol. The predicted octanol–water partition coefficient (Wildman–Crippen LogP) is 3.16. The van der Waals surface area contributed by atoms with E-state index >= 15 is 0 Å². The summed E-state index contributed by atoms with van der Waals surface area (Å²) >= 11 is 0. The molecule has 2 atom stereocenters. The molecule has 0 bridgehead atoms. The van der Waals surface area contributed by atoms with E-state index < -0.39 is 18.1 Å². The third-order valence-electron chi connectivity index (χ3n) is 6.39. The van der Waals surface area contributed by atoms with Gasteiger partial charge in [0.05, 0.1) is 23.7 Å². The van der Waals surface area contributed by atoms with Crippen molar-refractivity contribution in [3.63, 3.8) is 0 Å². The number of fused-ring (bicyclic) bond motifs is 1. The number of hydrogen-bond acceptors (Lipinski definition) is 6. The Kier molecular flexibility index (Phi) is 7.42. The van der Waals surface area contributed by atoms with Gasteiger partial charge in [0.25, 0.3) is 5.56 Å². The van der Waals surface area contributed by atoms with Crippen LogP contribution in [-0.4, -0.2) is 43.9 Å². The van der Waals surface area contributed by atoms with Crippen LogP contribution in [0.25, 0.3) is 22.4 Å². The molecule has 188 valence electrons. The van der Waals surface area contributed by atoms with E-state index in [0.717, 1.165) is 34.5 Å². The Morgan fingerprint density at radius 1 is 1.26 bits per heavy atom. The van der Waals surface area contributed by atoms with E-state index in [0.29, 0.717) is 24.6 Å². The summed E-state index contributed by atoms with van der Waals surface area (Å²) in [6, 6.07) is 7.17. The Balaban J connectivity index is 1.63. The Morgan fingerprint density at radius 3 is 2.63 bits per heavy atom. The van der Waals surface area contributed by atoms with E-state index in [2.05, 4.69) is 16.0 Å². The van der Waals surface area contributed by atoms with Crippen LogP contribution in [0.5, 0.6) is 0 Å². The zero-order valence-electron chi connectivity index (χ0n) is 21.2. The minimum Gasteiger partial charge on any atom is -0.464 e. The summed E-state index contributed by atoms with van der Waals surface area (Å²) in [4.78, 5) is 29.6. The molecule has 8 heteroatoms. The molecule has 1 aliphatic carbocycles. The third kappa shape index (κ3) is 5.82. The van der Waals surface area contributed by atoms with Gasteiger partial charge in [-0.1, -0.05) is 19.9 Å². The first-order valence-corrected chi connectivity index (χ1v) is 12.4. The highest BCUT2D eigenvalue weighted by Gasteiger charge is 2.27. The molecular formula is C27H36N4O4. The van der Waals surface area contributed by atoms with Gasteiger partial charge in [-0.25, -0.2) is 4.98 Å². The lowest BCUT2D eigenvalue weighted by molar-refractivity contribution is -0.150. The third-order valence-corrected chi connectivity index (χ3v) is 6.39. The van der Waals surface area contributed by atoms with Gasteiger partial charge in [-0.15, -0.1) is 0 Å². The van der Waals surface area contributed by atoms with E-state index in [4.69, 9.17) is 9.72 Å². The molecule has 1 aromatic carbocycles. The lowest BCUT2D eigenvalue weighted by Crippen LogP contribution is -2.45. The molecule has 2 aromatic heterocycles. The van der Waals surface area contributed by atoms with Crippen LogP contribution in [0.15, 0.2) is 35.3 Å². The van der Waals surface area contributed by atoms with E-state index in [1.54, 1.807) is 18.5 Å². The van der Waals surface area contributed by atoms with Crippen LogP contribution in [0.3, 0.4) is 0 Å². The number of aromatic nitrogens is 3. The molecule has 2 N–H and O–H groups in total. The number of rotatable bonds is 10. The van der Waals surface area contributed by atoms with Gasteiger partial charge in [0.1, 0.15) is 11.9 Å². The average Bonchev–Trinajstić information content (AvgIpc) is 3.55. The van der Waals surface area contributed by atoms with Crippen LogP contribution in [0.1, 0.15) is 44.7 Å². The molecule has 0 saturated heterocycles. The van der Waals surface area contributed by atoms with Crippen LogP contribution in [0, 0.1) is 18.8 Å². The maximum Gasteiger partial charge on any atom is 0.325 e. The summed E-state index contributed by atoms with van der Waals surface area (Å²) in [5.41, 5.74) is 4.50. The summed E-state index contributed by atoms with van der Waals surface area (Å²) in [5.74, 6) is 1.28. The second kappa shape index (κ2) is 10.3. The largest absolute Gasteiger partial charge is 0.464 e. The molecule has 1 fully saturated rings. The minimum atomic E-state index is -0.877. The monoisotopic (exact) mass is 480 g/mol. The second-order valence-corrected chi connectivity index (χ2v) is 10.3. The van der Waals surface area contributed by atoms with E-state index in [1.165, 1.54) is 12.8 Å². The number of esters is 1. The molecule has 1 saturated carbocycles. The number of aryl methyl sites for hydroxylation is 2. The topological polar surface area (TPSA) is 98.4 Å². The number of carbonyl (C=O) groups excluding carboxylic acids is 1. The molecule has 0 amide bonds. The Labute approximate surface area is 205 Å². The average molecular weight is 481 g/mol. The van der Waals surface area contributed by atoms with Crippen LogP contribution in [0.2, 0.25) is 0 Å². The summed E-state index contributed by atoms with van der Waals surface area (Å²) in [7, 11) is 1.77. The van der Waals surface area contributed by atoms with Crippen molar-refractivity contribution in [2.75, 3.05) is 6.61 Å². The van der Waals surface area contributed by atoms with Crippen molar-refractivity contribution in [3.8, 4) is 11.4 Å². The molecule has 2 heterocycles. The highest BCUT2D eigenvalue weighted by molar-refractivity contribution is 5.81. The van der Waals surface area contributed by atoms with Crippen molar-refractivity contribution in [2.24, 2.45) is 18.9 Å². The number of ether oxygens (including phenoxy) is 1. The molecule has 0 aliphatic heterocycles. The fraction of sp³-hybridized carbons (Fsp3) is 0.519. The van der Waals surface area contributed by atoms with Crippen molar-refractivity contribution >= 4 is 17.0 Å². The molecule has 3 aromatic rings. The molecule has 1 unspecified atom stereocenters. The summed E-state index contributed by atoms with van der Waals surface area (Å²) < 4.78 is 9.19. The SMILES string of the molecule is Cc1cc(-c2nc3ccc(CNC(C(=O)OCC(C)C)[C@@H](C)O)cc3n2CC2CC2)cn(C)c1=O. The lowest BCUT2D eigenvalue weighted by Gasteiger charge is -2.21. The number of nitrogens with one attached hydrogen (secondary N) is 1. The molecule has 0 radical (unpaired) electrons. The van der Waals surface area contributed by atoms with Gasteiger partial charge in [0.15, 0.2) is 0 Å². The number of pyridine rings is 1. The van der Waals surface area contributed by atoms with E-state index in [1.807, 2.05) is 45.2 Å². The number of imidazole rings is 1. The molecule has 1 aliphatic rings.